The molecule has 0 unspecified atom stereocenters. The first kappa shape index (κ1) is 20.1. The van der Waals surface area contributed by atoms with Crippen molar-refractivity contribution in [1.29, 1.82) is 0 Å². The van der Waals surface area contributed by atoms with Gasteiger partial charge in [-0.3, -0.25) is 9.78 Å². The van der Waals surface area contributed by atoms with Crippen molar-refractivity contribution in [1.82, 2.24) is 19.5 Å². The summed E-state index contributed by atoms with van der Waals surface area (Å²) in [7, 11) is 0. The van der Waals surface area contributed by atoms with Crippen LogP contribution in [-0.2, 0) is 6.54 Å². The summed E-state index contributed by atoms with van der Waals surface area (Å²) < 4.78 is 26.8. The molecule has 3 heterocycles. The predicted octanol–water partition coefficient (Wildman–Crippen LogP) is 2.91. The molecule has 0 aromatic carbocycles. The lowest BCUT2D eigenvalue weighted by atomic mass is 9.93. The molecule has 4 rings (SSSR count). The number of hydrogen-bond donors (Lipinski definition) is 3. The van der Waals surface area contributed by atoms with Crippen molar-refractivity contribution < 1.29 is 13.9 Å². The fourth-order valence-electron chi connectivity index (χ4n) is 3.67. The largest absolute Gasteiger partial charge is 0.393 e. The highest BCUT2D eigenvalue weighted by atomic mass is 19.3. The highest BCUT2D eigenvalue weighted by molar-refractivity contribution is 5.93. The van der Waals surface area contributed by atoms with E-state index in [1.54, 1.807) is 30.7 Å². The monoisotopic (exact) mass is 416 g/mol. The van der Waals surface area contributed by atoms with Crippen LogP contribution in [0.3, 0.4) is 0 Å². The number of alkyl halides is 2. The van der Waals surface area contributed by atoms with Crippen LogP contribution < -0.4 is 16.2 Å². The second kappa shape index (κ2) is 8.70. The number of rotatable bonds is 6. The van der Waals surface area contributed by atoms with Crippen LogP contribution in [-0.4, -0.2) is 43.2 Å². The van der Waals surface area contributed by atoms with Crippen LogP contribution in [0.15, 0.2) is 41.7 Å². The van der Waals surface area contributed by atoms with E-state index in [0.29, 0.717) is 35.7 Å². The van der Waals surface area contributed by atoms with E-state index >= 15 is 0 Å². The van der Waals surface area contributed by atoms with Crippen molar-refractivity contribution in [3.8, 4) is 0 Å². The molecular weight excluding hydrogens is 394 g/mol. The van der Waals surface area contributed by atoms with E-state index in [1.165, 1.54) is 6.20 Å². The van der Waals surface area contributed by atoms with Gasteiger partial charge in [0.25, 0.3) is 12.0 Å². The van der Waals surface area contributed by atoms with E-state index in [4.69, 9.17) is 0 Å². The van der Waals surface area contributed by atoms with Gasteiger partial charge in [-0.25, -0.2) is 18.7 Å². The molecule has 1 aliphatic carbocycles. The molecule has 1 fully saturated rings. The number of fused-ring (bicyclic) bond motifs is 1. The van der Waals surface area contributed by atoms with Crippen molar-refractivity contribution in [2.45, 2.75) is 50.8 Å². The van der Waals surface area contributed by atoms with Crippen LogP contribution in [0.2, 0.25) is 0 Å². The molecule has 0 aliphatic heterocycles. The second-order valence-electron chi connectivity index (χ2n) is 7.35. The minimum Gasteiger partial charge on any atom is -0.393 e. The first-order chi connectivity index (χ1) is 14.5. The molecule has 0 bridgehead atoms. The lowest BCUT2D eigenvalue weighted by Crippen LogP contribution is -2.30. The van der Waals surface area contributed by atoms with E-state index in [-0.39, 0.29) is 17.5 Å². The number of nitrogens with zero attached hydrogens (tertiary/aromatic N) is 4. The molecule has 0 spiro atoms. The van der Waals surface area contributed by atoms with Crippen LogP contribution in [0, 0.1) is 0 Å². The van der Waals surface area contributed by atoms with Crippen molar-refractivity contribution in [3.05, 3.63) is 47.3 Å². The molecule has 0 radical (unpaired) electrons. The highest BCUT2D eigenvalue weighted by Crippen LogP contribution is 2.27. The van der Waals surface area contributed by atoms with Gasteiger partial charge < -0.3 is 20.3 Å². The molecule has 30 heavy (non-hydrogen) atoms. The molecule has 158 valence electrons. The maximum absolute atomic E-state index is 12.9. The van der Waals surface area contributed by atoms with Gasteiger partial charge in [0.1, 0.15) is 17.5 Å². The molecule has 1 aliphatic rings. The first-order valence-corrected chi connectivity index (χ1v) is 9.79. The summed E-state index contributed by atoms with van der Waals surface area (Å²) >= 11 is 0. The topological polar surface area (TPSA) is 105 Å². The van der Waals surface area contributed by atoms with E-state index in [0.717, 1.165) is 17.4 Å². The minimum absolute atomic E-state index is 0.0269. The number of halogens is 2. The molecule has 1 saturated carbocycles. The Bertz CT molecular complexity index is 1070. The van der Waals surface area contributed by atoms with Gasteiger partial charge in [-0.1, -0.05) is 0 Å². The van der Waals surface area contributed by atoms with Gasteiger partial charge in [0.2, 0.25) is 0 Å². The zero-order chi connectivity index (χ0) is 21.1. The average Bonchev–Trinajstić information content (AvgIpc) is 2.72. The number of pyridine rings is 2. The van der Waals surface area contributed by atoms with E-state index < -0.39 is 18.5 Å². The first-order valence-electron chi connectivity index (χ1n) is 9.79. The Balaban J connectivity index is 1.75. The van der Waals surface area contributed by atoms with Crippen molar-refractivity contribution in [2.24, 2.45) is 0 Å². The number of aliphatic hydroxyl groups is 1. The maximum atomic E-state index is 12.9. The predicted molar refractivity (Wildman–Crippen MR) is 109 cm³/mol. The van der Waals surface area contributed by atoms with Crippen LogP contribution >= 0.6 is 0 Å². The summed E-state index contributed by atoms with van der Waals surface area (Å²) in [6.07, 6.45) is 5.81. The molecule has 10 heteroatoms. The van der Waals surface area contributed by atoms with Gasteiger partial charge in [-0.2, -0.15) is 0 Å². The minimum atomic E-state index is -2.64. The summed E-state index contributed by atoms with van der Waals surface area (Å²) in [5.41, 5.74) is -0.523. The third-order valence-corrected chi connectivity index (χ3v) is 5.15. The summed E-state index contributed by atoms with van der Waals surface area (Å²) in [4.78, 5) is 25.6. The zero-order valence-corrected chi connectivity index (χ0v) is 16.1. The third-order valence-electron chi connectivity index (χ3n) is 5.15. The molecule has 0 amide bonds. The van der Waals surface area contributed by atoms with Crippen LogP contribution in [0.1, 0.15) is 25.7 Å². The smallest absolute Gasteiger partial charge is 0.262 e. The summed E-state index contributed by atoms with van der Waals surface area (Å²) in [5, 5.41) is 16.9. The SMILES string of the molecule is O=c1c2c(N[C@H]3CC[C@@H](O)CC3)nc(Nc3cnccn3)cc2ccn1CC(F)F. The highest BCUT2D eigenvalue weighted by Gasteiger charge is 2.22. The van der Waals surface area contributed by atoms with E-state index in [9.17, 15) is 18.7 Å². The van der Waals surface area contributed by atoms with Gasteiger partial charge in [0.05, 0.1) is 24.2 Å². The normalized spacial score (nSPS) is 19.2. The van der Waals surface area contributed by atoms with Gasteiger partial charge in [0, 0.05) is 24.6 Å². The zero-order valence-electron chi connectivity index (χ0n) is 16.1. The Labute approximate surface area is 171 Å². The number of anilines is 3. The third kappa shape index (κ3) is 4.54. The Hall–Kier alpha value is -3.14. The van der Waals surface area contributed by atoms with Gasteiger partial charge in [-0.15, -0.1) is 0 Å². The number of aliphatic hydroxyl groups excluding tert-OH is 1. The Morgan fingerprint density at radius 3 is 2.70 bits per heavy atom. The van der Waals surface area contributed by atoms with Crippen LogP contribution in [0.5, 0.6) is 0 Å². The Morgan fingerprint density at radius 1 is 1.20 bits per heavy atom. The summed E-state index contributed by atoms with van der Waals surface area (Å²) in [5.74, 6) is 1.27. The Morgan fingerprint density at radius 2 is 2.00 bits per heavy atom. The van der Waals surface area contributed by atoms with E-state index in [1.807, 2.05) is 0 Å². The Kier molecular flexibility index (Phi) is 5.84. The van der Waals surface area contributed by atoms with Crippen molar-refractivity contribution in [2.75, 3.05) is 10.6 Å². The average molecular weight is 416 g/mol. The van der Waals surface area contributed by atoms with Gasteiger partial charge >= 0.3 is 0 Å². The van der Waals surface area contributed by atoms with E-state index in [2.05, 4.69) is 25.6 Å². The maximum Gasteiger partial charge on any atom is 0.262 e. The van der Waals surface area contributed by atoms with Crippen molar-refractivity contribution in [3.63, 3.8) is 0 Å². The van der Waals surface area contributed by atoms with Gasteiger partial charge in [-0.05, 0) is 43.2 Å². The second-order valence-corrected chi connectivity index (χ2v) is 7.35. The van der Waals surface area contributed by atoms with Crippen LogP contribution in [0.25, 0.3) is 10.8 Å². The lowest BCUT2D eigenvalue weighted by molar-refractivity contribution is 0.125. The summed E-state index contributed by atoms with van der Waals surface area (Å²) in [6, 6.07) is 3.32. The molecule has 0 atom stereocenters. The molecule has 3 aromatic heterocycles. The summed E-state index contributed by atoms with van der Waals surface area (Å²) in [6.45, 7) is -0.677. The lowest BCUT2D eigenvalue weighted by Gasteiger charge is -2.27. The number of nitrogens with one attached hydrogen (secondary N) is 2. The molecule has 8 nitrogen and oxygen atoms in total. The molecule has 0 saturated heterocycles. The number of aromatic nitrogens is 4. The number of hydrogen-bond acceptors (Lipinski definition) is 7. The quantitative estimate of drug-likeness (QED) is 0.567. The molecule has 3 N–H and O–H groups in total. The van der Waals surface area contributed by atoms with Crippen LogP contribution in [0.4, 0.5) is 26.2 Å². The fourth-order valence-corrected chi connectivity index (χ4v) is 3.67. The van der Waals surface area contributed by atoms with Gasteiger partial charge in [0.15, 0.2) is 0 Å². The fraction of sp³-hybridized carbons (Fsp3) is 0.400. The molecular formula is C20H22F2N6O2. The molecule has 3 aromatic rings. The van der Waals surface area contributed by atoms with Crippen molar-refractivity contribution >= 4 is 28.2 Å². The standard InChI is InChI=1S/C20H22F2N6O2/c21-15(22)11-28-8-5-12-9-16(26-17-10-23-6-7-24-17)27-19(18(12)20(28)30)25-13-1-3-14(29)4-2-13/h5-10,13-15,29H,1-4,11H2,(H2,24,25,26,27)/t13-,14+.